The lowest BCUT2D eigenvalue weighted by Crippen LogP contribution is -2.30. The Hall–Kier alpha value is -5.05. The van der Waals surface area contributed by atoms with Crippen molar-refractivity contribution in [3.63, 3.8) is 0 Å². The summed E-state index contributed by atoms with van der Waals surface area (Å²) in [5, 5.41) is 13.9. The number of amides is 2. The summed E-state index contributed by atoms with van der Waals surface area (Å²) < 4.78 is 15.3. The first-order valence-corrected chi connectivity index (χ1v) is 13.3. The topological polar surface area (TPSA) is 119 Å². The molecule has 1 aliphatic rings. The monoisotopic (exact) mass is 552 g/mol. The molecule has 0 radical (unpaired) electrons. The van der Waals surface area contributed by atoms with Gasteiger partial charge in [-0.3, -0.25) is 19.7 Å². The molecule has 1 atom stereocenters. The molecule has 2 amide bonds. The van der Waals surface area contributed by atoms with E-state index in [0.29, 0.717) is 34.4 Å². The smallest absolute Gasteiger partial charge is 0.269 e. The van der Waals surface area contributed by atoms with Crippen LogP contribution in [-0.2, 0) is 13.0 Å². The van der Waals surface area contributed by atoms with Gasteiger partial charge < -0.3 is 16.0 Å². The van der Waals surface area contributed by atoms with Crippen molar-refractivity contribution in [3.8, 4) is 11.1 Å². The normalized spacial score (nSPS) is 13.3. The lowest BCUT2D eigenvalue weighted by Gasteiger charge is -2.32. The molecule has 0 aromatic heterocycles. The summed E-state index contributed by atoms with van der Waals surface area (Å²) >= 11 is 0. The van der Waals surface area contributed by atoms with Crippen LogP contribution in [0.15, 0.2) is 84.9 Å². The maximum atomic E-state index is 15.3. The molecule has 1 unspecified atom stereocenters. The predicted octanol–water partition coefficient (Wildman–Crippen LogP) is 5.94. The molecule has 8 nitrogen and oxygen atoms in total. The summed E-state index contributed by atoms with van der Waals surface area (Å²) in [5.74, 6) is -1.18. The zero-order valence-electron chi connectivity index (χ0n) is 22.5. The van der Waals surface area contributed by atoms with Crippen molar-refractivity contribution < 1.29 is 18.9 Å². The highest BCUT2D eigenvalue weighted by molar-refractivity contribution is 5.99. The number of fused-ring (bicyclic) bond motifs is 1. The number of nitrogens with two attached hydrogens (primary N) is 1. The molecular weight excluding hydrogens is 523 g/mol. The van der Waals surface area contributed by atoms with Crippen LogP contribution in [0.5, 0.6) is 0 Å². The van der Waals surface area contributed by atoms with E-state index in [4.69, 9.17) is 5.73 Å². The van der Waals surface area contributed by atoms with Gasteiger partial charge in [-0.15, -0.1) is 0 Å². The van der Waals surface area contributed by atoms with Crippen LogP contribution >= 0.6 is 0 Å². The molecule has 1 heterocycles. The molecule has 0 fully saturated rings. The van der Waals surface area contributed by atoms with Crippen molar-refractivity contribution >= 4 is 23.2 Å². The summed E-state index contributed by atoms with van der Waals surface area (Å²) in [5.41, 5.74) is 10.8. The number of primary amides is 1. The molecule has 0 saturated carbocycles. The summed E-state index contributed by atoms with van der Waals surface area (Å²) in [4.78, 5) is 37.4. The molecule has 208 valence electrons. The standard InChI is InChI=1S/C32H29FN4O4/c1-20(21-10-13-26(14-11-21)37(40)41)35-32(39)24-12-15-30-23(17-24)5-4-16-36(30)19-25-9-8-22(18-29(25)33)27-6-2-3-7-28(27)31(34)38/h2-3,6-15,17-18,20H,4-5,16,19H2,1H3,(H2,34,38)(H,35,39). The third kappa shape index (κ3) is 5.94. The molecule has 0 bridgehead atoms. The highest BCUT2D eigenvalue weighted by Crippen LogP contribution is 2.31. The Balaban J connectivity index is 1.30. The number of aryl methyl sites for hydroxylation is 1. The first-order chi connectivity index (χ1) is 19.7. The van der Waals surface area contributed by atoms with E-state index in [1.807, 2.05) is 19.1 Å². The highest BCUT2D eigenvalue weighted by Gasteiger charge is 2.21. The van der Waals surface area contributed by atoms with Gasteiger partial charge in [0.25, 0.3) is 11.6 Å². The number of rotatable bonds is 8. The molecule has 0 saturated heterocycles. The van der Waals surface area contributed by atoms with Crippen LogP contribution < -0.4 is 16.0 Å². The third-order valence-electron chi connectivity index (χ3n) is 7.43. The first kappa shape index (κ1) is 27.5. The number of benzene rings is 4. The van der Waals surface area contributed by atoms with Crippen LogP contribution in [0.25, 0.3) is 11.1 Å². The first-order valence-electron chi connectivity index (χ1n) is 13.3. The number of nitro benzene ring substituents is 1. The van der Waals surface area contributed by atoms with Crippen LogP contribution in [0.1, 0.15) is 56.8 Å². The molecule has 0 aliphatic carbocycles. The summed E-state index contributed by atoms with van der Waals surface area (Å²) in [6, 6.07) is 23.1. The van der Waals surface area contributed by atoms with Crippen LogP contribution in [0, 0.1) is 15.9 Å². The fourth-order valence-electron chi connectivity index (χ4n) is 5.23. The SMILES string of the molecule is CC(NC(=O)c1ccc2c(c1)CCCN2Cc1ccc(-c2ccccc2C(N)=O)cc1F)c1ccc([N+](=O)[O-])cc1. The minimum Gasteiger partial charge on any atom is -0.367 e. The number of halogens is 1. The number of non-ortho nitro benzene ring substituents is 1. The van der Waals surface area contributed by atoms with E-state index in [9.17, 15) is 19.7 Å². The number of hydrogen-bond acceptors (Lipinski definition) is 5. The lowest BCUT2D eigenvalue weighted by atomic mass is 9.96. The van der Waals surface area contributed by atoms with Gasteiger partial charge in [0, 0.05) is 47.6 Å². The maximum absolute atomic E-state index is 15.3. The Bertz CT molecular complexity index is 1640. The van der Waals surface area contributed by atoms with Gasteiger partial charge in [-0.25, -0.2) is 4.39 Å². The van der Waals surface area contributed by atoms with Crippen molar-refractivity contribution in [1.29, 1.82) is 0 Å². The fraction of sp³-hybridized carbons (Fsp3) is 0.188. The molecule has 5 rings (SSSR count). The maximum Gasteiger partial charge on any atom is 0.269 e. The average Bonchev–Trinajstić information content (AvgIpc) is 2.98. The average molecular weight is 553 g/mol. The molecule has 9 heteroatoms. The molecule has 3 N–H and O–H groups in total. The molecule has 1 aliphatic heterocycles. The van der Waals surface area contributed by atoms with Gasteiger partial charge in [0.2, 0.25) is 5.91 Å². The van der Waals surface area contributed by atoms with Crippen molar-refractivity contribution in [2.24, 2.45) is 5.73 Å². The fourth-order valence-corrected chi connectivity index (χ4v) is 5.23. The van der Waals surface area contributed by atoms with E-state index in [-0.39, 0.29) is 23.5 Å². The van der Waals surface area contributed by atoms with E-state index >= 15 is 4.39 Å². The van der Waals surface area contributed by atoms with Gasteiger partial charge in [-0.1, -0.05) is 42.5 Å². The molecule has 41 heavy (non-hydrogen) atoms. The summed E-state index contributed by atoms with van der Waals surface area (Å²) in [6.07, 6.45) is 1.67. The van der Waals surface area contributed by atoms with Crippen molar-refractivity contribution in [3.05, 3.63) is 129 Å². The molecule has 4 aromatic rings. The van der Waals surface area contributed by atoms with Crippen LogP contribution in [-0.4, -0.2) is 23.3 Å². The van der Waals surface area contributed by atoms with E-state index in [1.54, 1.807) is 54.6 Å². The van der Waals surface area contributed by atoms with Crippen LogP contribution in [0.2, 0.25) is 0 Å². The number of nitrogens with zero attached hydrogens (tertiary/aromatic N) is 2. The van der Waals surface area contributed by atoms with Crippen LogP contribution in [0.3, 0.4) is 0 Å². The summed E-state index contributed by atoms with van der Waals surface area (Å²) in [6.45, 7) is 2.94. The minimum atomic E-state index is -0.566. The van der Waals surface area contributed by atoms with E-state index in [2.05, 4.69) is 10.2 Å². The van der Waals surface area contributed by atoms with Gasteiger partial charge in [0.05, 0.1) is 11.0 Å². The number of hydrogen-bond donors (Lipinski definition) is 2. The van der Waals surface area contributed by atoms with Gasteiger partial charge in [0.1, 0.15) is 5.82 Å². The second kappa shape index (κ2) is 11.6. The Labute approximate surface area is 236 Å². The summed E-state index contributed by atoms with van der Waals surface area (Å²) in [7, 11) is 0. The Kier molecular flexibility index (Phi) is 7.78. The van der Waals surface area contributed by atoms with Gasteiger partial charge in [0.15, 0.2) is 0 Å². The van der Waals surface area contributed by atoms with E-state index in [0.717, 1.165) is 36.2 Å². The quantitative estimate of drug-likeness (QED) is 0.207. The third-order valence-corrected chi connectivity index (χ3v) is 7.43. The highest BCUT2D eigenvalue weighted by atomic mass is 19.1. The second-order valence-corrected chi connectivity index (χ2v) is 10.1. The minimum absolute atomic E-state index is 0.00393. The number of anilines is 1. The molecule has 4 aromatic carbocycles. The van der Waals surface area contributed by atoms with Gasteiger partial charge >= 0.3 is 0 Å². The number of nitrogens with one attached hydrogen (secondary N) is 1. The Morgan fingerprint density at radius 2 is 1.80 bits per heavy atom. The molecular formula is C32H29FN4O4. The zero-order chi connectivity index (χ0) is 29.1. The largest absolute Gasteiger partial charge is 0.367 e. The van der Waals surface area contributed by atoms with E-state index < -0.39 is 10.8 Å². The number of carbonyl (C=O) groups is 2. The zero-order valence-corrected chi connectivity index (χ0v) is 22.5. The number of carbonyl (C=O) groups excluding carboxylic acids is 2. The molecule has 0 spiro atoms. The number of nitro groups is 1. The Morgan fingerprint density at radius 3 is 2.51 bits per heavy atom. The van der Waals surface area contributed by atoms with E-state index in [1.165, 1.54) is 18.2 Å². The van der Waals surface area contributed by atoms with Crippen molar-refractivity contribution in [2.75, 3.05) is 11.4 Å². The van der Waals surface area contributed by atoms with Gasteiger partial charge in [-0.2, -0.15) is 0 Å². The van der Waals surface area contributed by atoms with Gasteiger partial charge in [-0.05, 0) is 72.4 Å². The Morgan fingerprint density at radius 1 is 1.05 bits per heavy atom. The van der Waals surface area contributed by atoms with Crippen molar-refractivity contribution in [2.45, 2.75) is 32.4 Å². The van der Waals surface area contributed by atoms with Crippen molar-refractivity contribution in [1.82, 2.24) is 5.32 Å². The van der Waals surface area contributed by atoms with Crippen LogP contribution in [0.4, 0.5) is 15.8 Å². The second-order valence-electron chi connectivity index (χ2n) is 10.1. The lowest BCUT2D eigenvalue weighted by molar-refractivity contribution is -0.384. The predicted molar refractivity (Wildman–Crippen MR) is 155 cm³/mol.